The standard InChI is InChI=1S/C8H9O2P/c1-6-2-3-8(10-11)4-7(6)5-9/h2-5H,11H2,1H3. The predicted molar refractivity (Wildman–Crippen MR) is 46.9 cm³/mol. The molecule has 58 valence electrons. The molecule has 0 amide bonds. The molecule has 0 heterocycles. The first-order chi connectivity index (χ1) is 5.27. The number of rotatable bonds is 2. The van der Waals surface area contributed by atoms with Gasteiger partial charge in [0.15, 0.2) is 0 Å². The van der Waals surface area contributed by atoms with Crippen LogP contribution in [0.3, 0.4) is 0 Å². The topological polar surface area (TPSA) is 26.3 Å². The normalized spacial score (nSPS) is 9.27. The van der Waals surface area contributed by atoms with Crippen LogP contribution in [0.2, 0.25) is 0 Å². The van der Waals surface area contributed by atoms with E-state index in [0.29, 0.717) is 11.3 Å². The molecule has 3 heteroatoms. The third-order valence-electron chi connectivity index (χ3n) is 1.51. The summed E-state index contributed by atoms with van der Waals surface area (Å²) in [6.07, 6.45) is 0.822. The summed E-state index contributed by atoms with van der Waals surface area (Å²) in [4.78, 5) is 10.4. The maximum atomic E-state index is 10.4. The lowest BCUT2D eigenvalue weighted by atomic mass is 10.1. The lowest BCUT2D eigenvalue weighted by Gasteiger charge is -2.01. The summed E-state index contributed by atoms with van der Waals surface area (Å²) in [7, 11) is 2.14. The minimum Gasteiger partial charge on any atom is -0.480 e. The highest BCUT2D eigenvalue weighted by Crippen LogP contribution is 2.17. The van der Waals surface area contributed by atoms with Gasteiger partial charge in [-0.1, -0.05) is 6.07 Å². The van der Waals surface area contributed by atoms with Gasteiger partial charge >= 0.3 is 0 Å². The number of carbonyl (C=O) groups excluding carboxylic acids is 1. The van der Waals surface area contributed by atoms with Crippen LogP contribution in [-0.4, -0.2) is 6.29 Å². The number of aldehydes is 1. The molecule has 1 atom stereocenters. The highest BCUT2D eigenvalue weighted by Gasteiger charge is 1.97. The molecule has 0 spiro atoms. The van der Waals surface area contributed by atoms with Crippen molar-refractivity contribution >= 4 is 15.8 Å². The summed E-state index contributed by atoms with van der Waals surface area (Å²) >= 11 is 0. The van der Waals surface area contributed by atoms with Crippen molar-refractivity contribution in [1.82, 2.24) is 0 Å². The van der Waals surface area contributed by atoms with Crippen molar-refractivity contribution in [2.45, 2.75) is 6.92 Å². The summed E-state index contributed by atoms with van der Waals surface area (Å²) in [6.45, 7) is 1.89. The van der Waals surface area contributed by atoms with E-state index in [1.54, 1.807) is 6.07 Å². The molecule has 0 aliphatic carbocycles. The van der Waals surface area contributed by atoms with Crippen molar-refractivity contribution in [2.24, 2.45) is 0 Å². The molecule has 0 saturated carbocycles. The molecule has 1 aromatic rings. The second kappa shape index (κ2) is 3.49. The van der Waals surface area contributed by atoms with E-state index < -0.39 is 0 Å². The summed E-state index contributed by atoms with van der Waals surface area (Å²) in [5.41, 5.74) is 1.63. The molecule has 0 N–H and O–H groups in total. The number of hydrogen-bond acceptors (Lipinski definition) is 2. The third kappa shape index (κ3) is 1.78. The van der Waals surface area contributed by atoms with Crippen LogP contribution in [0.1, 0.15) is 15.9 Å². The van der Waals surface area contributed by atoms with Crippen molar-refractivity contribution in [3.63, 3.8) is 0 Å². The van der Waals surface area contributed by atoms with Crippen LogP contribution in [-0.2, 0) is 0 Å². The van der Waals surface area contributed by atoms with Crippen molar-refractivity contribution in [3.05, 3.63) is 29.3 Å². The Morgan fingerprint density at radius 2 is 2.27 bits per heavy atom. The Labute approximate surface area is 67.9 Å². The zero-order valence-corrected chi connectivity index (χ0v) is 7.36. The molecule has 0 aliphatic heterocycles. The largest absolute Gasteiger partial charge is 0.480 e. The Morgan fingerprint density at radius 1 is 1.55 bits per heavy atom. The molecule has 11 heavy (non-hydrogen) atoms. The van der Waals surface area contributed by atoms with Crippen molar-refractivity contribution in [3.8, 4) is 5.75 Å². The maximum absolute atomic E-state index is 10.4. The average molecular weight is 168 g/mol. The van der Waals surface area contributed by atoms with E-state index in [2.05, 4.69) is 9.47 Å². The molecule has 0 aliphatic rings. The van der Waals surface area contributed by atoms with Gasteiger partial charge < -0.3 is 4.52 Å². The summed E-state index contributed by atoms with van der Waals surface area (Å²) in [6, 6.07) is 5.37. The van der Waals surface area contributed by atoms with E-state index in [0.717, 1.165) is 11.8 Å². The fourth-order valence-corrected chi connectivity index (χ4v) is 0.965. The van der Waals surface area contributed by atoms with Gasteiger partial charge in [0.1, 0.15) is 12.0 Å². The van der Waals surface area contributed by atoms with Crippen molar-refractivity contribution in [2.75, 3.05) is 0 Å². The van der Waals surface area contributed by atoms with Crippen LogP contribution >= 0.6 is 9.47 Å². The first-order valence-corrected chi connectivity index (χ1v) is 3.67. The number of hydrogen-bond donors (Lipinski definition) is 0. The highest BCUT2D eigenvalue weighted by atomic mass is 31.0. The van der Waals surface area contributed by atoms with E-state index in [1.165, 1.54) is 0 Å². The zero-order chi connectivity index (χ0) is 8.27. The van der Waals surface area contributed by atoms with Gasteiger partial charge in [0, 0.05) is 5.56 Å². The van der Waals surface area contributed by atoms with Gasteiger partial charge in [0.25, 0.3) is 0 Å². The molecule has 0 aromatic heterocycles. The maximum Gasteiger partial charge on any atom is 0.150 e. The monoisotopic (exact) mass is 168 g/mol. The van der Waals surface area contributed by atoms with Crippen LogP contribution in [0, 0.1) is 6.92 Å². The van der Waals surface area contributed by atoms with Gasteiger partial charge in [-0.25, -0.2) is 0 Å². The molecule has 0 bridgehead atoms. The molecular formula is C8H9O2P. The second-order valence-electron chi connectivity index (χ2n) is 2.25. The smallest absolute Gasteiger partial charge is 0.150 e. The van der Waals surface area contributed by atoms with Gasteiger partial charge in [-0.15, -0.1) is 0 Å². The molecular weight excluding hydrogens is 159 g/mol. The van der Waals surface area contributed by atoms with Crippen LogP contribution in [0.25, 0.3) is 0 Å². The first-order valence-electron chi connectivity index (χ1n) is 3.20. The van der Waals surface area contributed by atoms with Crippen LogP contribution in [0.15, 0.2) is 18.2 Å². The van der Waals surface area contributed by atoms with Crippen molar-refractivity contribution in [1.29, 1.82) is 0 Å². The van der Waals surface area contributed by atoms with Gasteiger partial charge in [-0.2, -0.15) is 0 Å². The van der Waals surface area contributed by atoms with Crippen LogP contribution < -0.4 is 4.52 Å². The quantitative estimate of drug-likeness (QED) is 0.498. The van der Waals surface area contributed by atoms with Crippen LogP contribution in [0.4, 0.5) is 0 Å². The van der Waals surface area contributed by atoms with Crippen LogP contribution in [0.5, 0.6) is 5.75 Å². The summed E-state index contributed by atoms with van der Waals surface area (Å²) < 4.78 is 4.87. The molecule has 1 unspecified atom stereocenters. The molecule has 0 fully saturated rings. The van der Waals surface area contributed by atoms with Gasteiger partial charge in [-0.3, -0.25) is 4.79 Å². The Balaban J connectivity index is 3.12. The van der Waals surface area contributed by atoms with Gasteiger partial charge in [-0.05, 0) is 24.6 Å². The molecule has 1 rings (SSSR count). The minimum atomic E-state index is 0.671. The molecule has 2 nitrogen and oxygen atoms in total. The number of aryl methyl sites for hydroxylation is 1. The molecule has 0 saturated heterocycles. The lowest BCUT2D eigenvalue weighted by Crippen LogP contribution is -1.85. The molecule has 0 radical (unpaired) electrons. The van der Waals surface area contributed by atoms with Crippen molar-refractivity contribution < 1.29 is 9.32 Å². The SMILES string of the molecule is Cc1ccc(OP)cc1C=O. The fraction of sp³-hybridized carbons (Fsp3) is 0.125. The average Bonchev–Trinajstić information content (AvgIpc) is 2.05. The third-order valence-corrected chi connectivity index (χ3v) is 1.79. The Kier molecular flexibility index (Phi) is 2.61. The summed E-state index contributed by atoms with van der Waals surface area (Å²) in [5.74, 6) is 0.683. The lowest BCUT2D eigenvalue weighted by molar-refractivity contribution is 0.112. The Morgan fingerprint density at radius 3 is 2.82 bits per heavy atom. The number of carbonyl (C=O) groups is 1. The van der Waals surface area contributed by atoms with E-state index in [4.69, 9.17) is 4.52 Å². The first kappa shape index (κ1) is 8.22. The van der Waals surface area contributed by atoms with E-state index in [-0.39, 0.29) is 0 Å². The van der Waals surface area contributed by atoms with E-state index in [1.807, 2.05) is 19.1 Å². The summed E-state index contributed by atoms with van der Waals surface area (Å²) in [5, 5.41) is 0. The predicted octanol–water partition coefficient (Wildman–Crippen LogP) is 1.98. The zero-order valence-electron chi connectivity index (χ0n) is 6.20. The minimum absolute atomic E-state index is 0.671. The Bertz CT molecular complexity index is 271. The van der Waals surface area contributed by atoms with Gasteiger partial charge in [0.05, 0.1) is 9.47 Å². The Hall–Kier alpha value is -0.880. The second-order valence-corrected chi connectivity index (χ2v) is 2.49. The fourth-order valence-electron chi connectivity index (χ4n) is 0.819. The number of benzene rings is 1. The van der Waals surface area contributed by atoms with E-state index in [9.17, 15) is 4.79 Å². The van der Waals surface area contributed by atoms with E-state index >= 15 is 0 Å². The van der Waals surface area contributed by atoms with Gasteiger partial charge in [0.2, 0.25) is 0 Å². The highest BCUT2D eigenvalue weighted by molar-refractivity contribution is 7.10. The molecule has 1 aromatic carbocycles.